The molecule has 0 radical (unpaired) electrons. The molecule has 1 saturated heterocycles. The number of carbonyl (C=O) groups excluding carboxylic acids is 2. The normalized spacial score (nSPS) is 14.8. The van der Waals surface area contributed by atoms with Crippen LogP contribution in [0.4, 0.5) is 4.39 Å². The number of hydrogen-bond acceptors (Lipinski definition) is 4. The van der Waals surface area contributed by atoms with Crippen LogP contribution in [0.5, 0.6) is 5.75 Å². The Kier molecular flexibility index (Phi) is 6.46. The van der Waals surface area contributed by atoms with E-state index < -0.39 is 5.82 Å². The number of carbonyl (C=O) groups is 2. The summed E-state index contributed by atoms with van der Waals surface area (Å²) in [5.41, 5.74) is 0.548. The van der Waals surface area contributed by atoms with Crippen molar-refractivity contribution in [3.05, 3.63) is 54.2 Å². The molecule has 2 amide bonds. The molecule has 27 heavy (non-hydrogen) atoms. The van der Waals surface area contributed by atoms with Gasteiger partial charge in [0.05, 0.1) is 18.4 Å². The van der Waals surface area contributed by atoms with E-state index in [2.05, 4.69) is 5.32 Å². The van der Waals surface area contributed by atoms with Gasteiger partial charge < -0.3 is 19.4 Å². The molecule has 0 saturated carbocycles. The van der Waals surface area contributed by atoms with E-state index in [1.54, 1.807) is 29.2 Å². The SMILES string of the molecule is O=C(CCCOc1ccccc1F)NC1CCN(C(=O)c2ccoc2)CC1. The van der Waals surface area contributed by atoms with Crippen LogP contribution in [0.15, 0.2) is 47.3 Å². The van der Waals surface area contributed by atoms with Gasteiger partial charge in [0.2, 0.25) is 5.91 Å². The number of nitrogens with zero attached hydrogens (tertiary/aromatic N) is 1. The molecule has 144 valence electrons. The van der Waals surface area contributed by atoms with E-state index in [0.717, 1.165) is 12.8 Å². The number of para-hydroxylation sites is 1. The van der Waals surface area contributed by atoms with Crippen molar-refractivity contribution in [2.75, 3.05) is 19.7 Å². The molecule has 7 heteroatoms. The Morgan fingerprint density at radius 2 is 2.00 bits per heavy atom. The van der Waals surface area contributed by atoms with Crippen LogP contribution in [-0.2, 0) is 4.79 Å². The highest BCUT2D eigenvalue weighted by Gasteiger charge is 2.24. The molecule has 0 spiro atoms. The van der Waals surface area contributed by atoms with Crippen molar-refractivity contribution in [1.29, 1.82) is 0 Å². The molecule has 1 aliphatic heterocycles. The molecule has 6 nitrogen and oxygen atoms in total. The first kappa shape index (κ1) is 18.9. The second-order valence-corrected chi connectivity index (χ2v) is 6.53. The average Bonchev–Trinajstić information content (AvgIpc) is 3.21. The molecule has 1 aromatic heterocycles. The van der Waals surface area contributed by atoms with Crippen molar-refractivity contribution in [3.8, 4) is 5.75 Å². The van der Waals surface area contributed by atoms with Crippen molar-refractivity contribution in [3.63, 3.8) is 0 Å². The summed E-state index contributed by atoms with van der Waals surface area (Å²) < 4.78 is 23.7. The van der Waals surface area contributed by atoms with Crippen LogP contribution in [0, 0.1) is 5.82 Å². The zero-order valence-corrected chi connectivity index (χ0v) is 15.0. The summed E-state index contributed by atoms with van der Waals surface area (Å²) >= 11 is 0. The van der Waals surface area contributed by atoms with Gasteiger partial charge in [-0.1, -0.05) is 12.1 Å². The van der Waals surface area contributed by atoms with E-state index >= 15 is 0 Å². The third-order valence-corrected chi connectivity index (χ3v) is 4.56. The molecular weight excluding hydrogens is 351 g/mol. The van der Waals surface area contributed by atoms with Gasteiger partial charge in [0, 0.05) is 25.6 Å². The Balaban J connectivity index is 1.32. The maximum Gasteiger partial charge on any atom is 0.257 e. The zero-order chi connectivity index (χ0) is 19.1. The predicted molar refractivity (Wildman–Crippen MR) is 96.9 cm³/mol. The maximum atomic E-state index is 13.4. The van der Waals surface area contributed by atoms with Crippen LogP contribution < -0.4 is 10.1 Å². The largest absolute Gasteiger partial charge is 0.491 e. The second kappa shape index (κ2) is 9.21. The summed E-state index contributed by atoms with van der Waals surface area (Å²) in [5, 5.41) is 3.00. The van der Waals surface area contributed by atoms with Crippen molar-refractivity contribution in [2.24, 2.45) is 0 Å². The summed E-state index contributed by atoms with van der Waals surface area (Å²) in [4.78, 5) is 26.1. The zero-order valence-electron chi connectivity index (χ0n) is 15.0. The van der Waals surface area contributed by atoms with Crippen LogP contribution in [-0.4, -0.2) is 42.5 Å². The molecule has 2 heterocycles. The van der Waals surface area contributed by atoms with E-state index in [1.807, 2.05) is 0 Å². The molecule has 1 fully saturated rings. The monoisotopic (exact) mass is 374 g/mol. The van der Waals surface area contributed by atoms with E-state index in [1.165, 1.54) is 18.6 Å². The minimum atomic E-state index is -0.404. The number of benzene rings is 1. The summed E-state index contributed by atoms with van der Waals surface area (Å²) in [6.07, 6.45) is 5.21. The van der Waals surface area contributed by atoms with E-state index in [0.29, 0.717) is 31.5 Å². The Morgan fingerprint density at radius 1 is 1.22 bits per heavy atom. The van der Waals surface area contributed by atoms with Gasteiger partial charge in [0.1, 0.15) is 6.26 Å². The number of ether oxygens (including phenoxy) is 1. The van der Waals surface area contributed by atoms with Gasteiger partial charge in [-0.3, -0.25) is 9.59 Å². The Morgan fingerprint density at radius 3 is 2.70 bits per heavy atom. The molecule has 0 bridgehead atoms. The molecule has 1 N–H and O–H groups in total. The van der Waals surface area contributed by atoms with Gasteiger partial charge in [-0.15, -0.1) is 0 Å². The fourth-order valence-corrected chi connectivity index (χ4v) is 3.07. The lowest BCUT2D eigenvalue weighted by Crippen LogP contribution is -2.46. The maximum absolute atomic E-state index is 13.4. The molecular formula is C20H23FN2O4. The van der Waals surface area contributed by atoms with Gasteiger partial charge >= 0.3 is 0 Å². The molecule has 1 aromatic carbocycles. The number of amides is 2. The van der Waals surface area contributed by atoms with Crippen LogP contribution in [0.25, 0.3) is 0 Å². The Hall–Kier alpha value is -2.83. The van der Waals surface area contributed by atoms with E-state index in [4.69, 9.17) is 9.15 Å². The third kappa shape index (κ3) is 5.32. The van der Waals surface area contributed by atoms with Crippen LogP contribution in [0.1, 0.15) is 36.0 Å². The second-order valence-electron chi connectivity index (χ2n) is 6.53. The topological polar surface area (TPSA) is 71.8 Å². The number of nitrogens with one attached hydrogen (secondary N) is 1. The first-order valence-electron chi connectivity index (χ1n) is 9.11. The minimum Gasteiger partial charge on any atom is -0.491 e. The predicted octanol–water partition coefficient (Wildman–Crippen LogP) is 3.00. The number of hydrogen-bond donors (Lipinski definition) is 1. The van der Waals surface area contributed by atoms with Gasteiger partial charge in [-0.05, 0) is 37.5 Å². The van der Waals surface area contributed by atoms with Crippen molar-refractivity contribution >= 4 is 11.8 Å². The average molecular weight is 374 g/mol. The molecule has 0 atom stereocenters. The summed E-state index contributed by atoms with van der Waals surface area (Å²) in [6.45, 7) is 1.49. The molecule has 0 unspecified atom stereocenters. The van der Waals surface area contributed by atoms with Crippen LogP contribution >= 0.6 is 0 Å². The van der Waals surface area contributed by atoms with E-state index in [9.17, 15) is 14.0 Å². The molecule has 1 aliphatic rings. The van der Waals surface area contributed by atoms with Gasteiger partial charge in [-0.25, -0.2) is 4.39 Å². The van der Waals surface area contributed by atoms with Crippen LogP contribution in [0.2, 0.25) is 0 Å². The number of piperidine rings is 1. The van der Waals surface area contributed by atoms with Gasteiger partial charge in [0.25, 0.3) is 5.91 Å². The highest BCUT2D eigenvalue weighted by molar-refractivity contribution is 5.93. The lowest BCUT2D eigenvalue weighted by atomic mass is 10.0. The number of rotatable bonds is 7. The highest BCUT2D eigenvalue weighted by Crippen LogP contribution is 2.16. The number of furan rings is 1. The fraction of sp³-hybridized carbons (Fsp3) is 0.400. The lowest BCUT2D eigenvalue weighted by Gasteiger charge is -2.32. The summed E-state index contributed by atoms with van der Waals surface area (Å²) in [6, 6.07) is 7.93. The lowest BCUT2D eigenvalue weighted by molar-refractivity contribution is -0.122. The van der Waals surface area contributed by atoms with Crippen molar-refractivity contribution < 1.29 is 23.1 Å². The summed E-state index contributed by atoms with van der Waals surface area (Å²) in [7, 11) is 0. The van der Waals surface area contributed by atoms with Crippen LogP contribution in [0.3, 0.4) is 0 Å². The highest BCUT2D eigenvalue weighted by atomic mass is 19.1. The molecule has 2 aromatic rings. The quantitative estimate of drug-likeness (QED) is 0.757. The standard InChI is InChI=1S/C20H23FN2O4/c21-17-4-1-2-5-18(17)27-12-3-6-19(24)22-16-7-10-23(11-8-16)20(25)15-9-13-26-14-15/h1-2,4-5,9,13-14,16H,3,6-8,10-12H2,(H,22,24). The third-order valence-electron chi connectivity index (χ3n) is 4.56. The number of halogens is 1. The molecule has 0 aliphatic carbocycles. The van der Waals surface area contributed by atoms with Crippen molar-refractivity contribution in [2.45, 2.75) is 31.7 Å². The van der Waals surface area contributed by atoms with E-state index in [-0.39, 0.29) is 30.2 Å². The Bertz CT molecular complexity index is 755. The number of likely N-dealkylation sites (tertiary alicyclic amines) is 1. The van der Waals surface area contributed by atoms with Gasteiger partial charge in [0.15, 0.2) is 11.6 Å². The first-order valence-corrected chi connectivity index (χ1v) is 9.11. The fourth-order valence-electron chi connectivity index (χ4n) is 3.07. The summed E-state index contributed by atoms with van der Waals surface area (Å²) in [5.74, 6) is -0.295. The van der Waals surface area contributed by atoms with Gasteiger partial charge in [-0.2, -0.15) is 0 Å². The molecule has 3 rings (SSSR count). The first-order chi connectivity index (χ1) is 13.1. The minimum absolute atomic E-state index is 0.0428. The Labute approximate surface area is 157 Å². The smallest absolute Gasteiger partial charge is 0.257 e. The van der Waals surface area contributed by atoms with Crippen molar-refractivity contribution in [1.82, 2.24) is 10.2 Å².